The number of ether oxygens (including phenoxy) is 3. The van der Waals surface area contributed by atoms with E-state index in [-0.39, 0.29) is 5.56 Å². The van der Waals surface area contributed by atoms with Gasteiger partial charge >= 0.3 is 5.97 Å². The van der Waals surface area contributed by atoms with Crippen molar-refractivity contribution < 1.29 is 23.8 Å². The molecule has 0 saturated heterocycles. The Balaban J connectivity index is 1.69. The number of benzene rings is 3. The van der Waals surface area contributed by atoms with Gasteiger partial charge in [-0.25, -0.2) is 4.79 Å². The lowest BCUT2D eigenvalue weighted by Gasteiger charge is -2.16. The monoisotopic (exact) mass is 391 g/mol. The maximum absolute atomic E-state index is 12.6. The fourth-order valence-corrected chi connectivity index (χ4v) is 2.60. The third kappa shape index (κ3) is 5.13. The number of carbonyl (C=O) groups is 2. The molecule has 0 bridgehead atoms. The van der Waals surface area contributed by atoms with Crippen molar-refractivity contribution in [2.24, 2.45) is 0 Å². The molecule has 148 valence electrons. The van der Waals surface area contributed by atoms with Gasteiger partial charge in [0, 0.05) is 0 Å². The Bertz CT molecular complexity index is 987. The summed E-state index contributed by atoms with van der Waals surface area (Å²) in [5.41, 5.74) is 0.726. The third-order valence-electron chi connectivity index (χ3n) is 4.10. The van der Waals surface area contributed by atoms with E-state index in [1.54, 1.807) is 60.7 Å². The number of carbonyl (C=O) groups excluding carboxylic acids is 2. The molecule has 0 heterocycles. The summed E-state index contributed by atoms with van der Waals surface area (Å²) in [6.45, 7) is 1.50. The van der Waals surface area contributed by atoms with E-state index in [2.05, 4.69) is 5.32 Å². The Morgan fingerprint density at radius 1 is 0.828 bits per heavy atom. The van der Waals surface area contributed by atoms with Gasteiger partial charge in [-0.1, -0.05) is 42.5 Å². The molecule has 0 aliphatic carbocycles. The van der Waals surface area contributed by atoms with Crippen molar-refractivity contribution in [1.29, 1.82) is 0 Å². The second-order valence-corrected chi connectivity index (χ2v) is 6.15. The van der Waals surface area contributed by atoms with Crippen molar-refractivity contribution in [2.75, 3.05) is 12.4 Å². The van der Waals surface area contributed by atoms with Gasteiger partial charge in [0.05, 0.1) is 12.8 Å². The predicted octanol–water partition coefficient (Wildman–Crippen LogP) is 4.67. The van der Waals surface area contributed by atoms with E-state index in [4.69, 9.17) is 14.2 Å². The number of amides is 1. The number of hydrogen-bond donors (Lipinski definition) is 1. The zero-order valence-electron chi connectivity index (χ0n) is 16.1. The van der Waals surface area contributed by atoms with E-state index in [1.807, 2.05) is 18.2 Å². The number of esters is 1. The molecule has 29 heavy (non-hydrogen) atoms. The second-order valence-electron chi connectivity index (χ2n) is 6.15. The molecule has 6 heteroatoms. The SMILES string of the molecule is COc1ccccc1NC(=O)[C@@H](C)OC(=O)c1ccccc1Oc1ccccc1. The summed E-state index contributed by atoms with van der Waals surface area (Å²) < 4.78 is 16.3. The molecule has 1 amide bonds. The van der Waals surface area contributed by atoms with E-state index >= 15 is 0 Å². The topological polar surface area (TPSA) is 73.9 Å². The number of hydrogen-bond acceptors (Lipinski definition) is 5. The van der Waals surface area contributed by atoms with E-state index in [0.29, 0.717) is 22.9 Å². The van der Waals surface area contributed by atoms with Gasteiger partial charge in [-0.2, -0.15) is 0 Å². The molecule has 0 radical (unpaired) electrons. The van der Waals surface area contributed by atoms with E-state index < -0.39 is 18.0 Å². The van der Waals surface area contributed by atoms with E-state index in [0.717, 1.165) is 0 Å². The molecule has 3 rings (SSSR count). The zero-order chi connectivity index (χ0) is 20.6. The molecule has 6 nitrogen and oxygen atoms in total. The summed E-state index contributed by atoms with van der Waals surface area (Å²) >= 11 is 0. The first kappa shape index (κ1) is 19.9. The zero-order valence-corrected chi connectivity index (χ0v) is 16.1. The van der Waals surface area contributed by atoms with Crippen LogP contribution in [0, 0.1) is 0 Å². The fraction of sp³-hybridized carbons (Fsp3) is 0.130. The Morgan fingerprint density at radius 3 is 2.17 bits per heavy atom. The van der Waals surface area contributed by atoms with Crippen LogP contribution in [0.5, 0.6) is 17.2 Å². The summed E-state index contributed by atoms with van der Waals surface area (Å²) in [5, 5.41) is 2.70. The molecule has 0 saturated carbocycles. The summed E-state index contributed by atoms with van der Waals surface area (Å²) in [6.07, 6.45) is -1.02. The molecular formula is C23H21NO5. The van der Waals surface area contributed by atoms with Crippen LogP contribution in [0.2, 0.25) is 0 Å². The van der Waals surface area contributed by atoms with Gasteiger partial charge in [-0.05, 0) is 43.3 Å². The average molecular weight is 391 g/mol. The van der Waals surface area contributed by atoms with Crippen molar-refractivity contribution in [2.45, 2.75) is 13.0 Å². The standard InChI is InChI=1S/C23H21NO5/c1-16(22(25)24-19-13-7-9-15-21(19)27-2)28-23(26)18-12-6-8-14-20(18)29-17-10-4-3-5-11-17/h3-16H,1-2H3,(H,24,25)/t16-/m1/s1. The summed E-state index contributed by atoms with van der Waals surface area (Å²) in [4.78, 5) is 25.1. The molecule has 0 aliphatic rings. The highest BCUT2D eigenvalue weighted by molar-refractivity contribution is 5.99. The first-order valence-electron chi connectivity index (χ1n) is 9.05. The van der Waals surface area contributed by atoms with Crippen LogP contribution >= 0.6 is 0 Å². The Morgan fingerprint density at radius 2 is 1.45 bits per heavy atom. The van der Waals surface area contributed by atoms with Crippen molar-refractivity contribution in [3.05, 3.63) is 84.4 Å². The van der Waals surface area contributed by atoms with Gasteiger partial charge in [0.15, 0.2) is 6.10 Å². The molecule has 3 aromatic carbocycles. The number of nitrogens with one attached hydrogen (secondary N) is 1. The van der Waals surface area contributed by atoms with Crippen LogP contribution in [0.15, 0.2) is 78.9 Å². The lowest BCUT2D eigenvalue weighted by Crippen LogP contribution is -2.30. The number of methoxy groups -OCH3 is 1. The first-order valence-corrected chi connectivity index (χ1v) is 9.05. The minimum Gasteiger partial charge on any atom is -0.495 e. The lowest BCUT2D eigenvalue weighted by atomic mass is 10.2. The second kappa shape index (κ2) is 9.41. The van der Waals surface area contributed by atoms with E-state index in [1.165, 1.54) is 14.0 Å². The van der Waals surface area contributed by atoms with Gasteiger partial charge in [-0.3, -0.25) is 4.79 Å². The number of anilines is 1. The Labute approximate surface area is 169 Å². The van der Waals surface area contributed by atoms with Gasteiger partial charge in [0.1, 0.15) is 22.8 Å². The normalized spacial score (nSPS) is 11.2. The Hall–Kier alpha value is -3.80. The van der Waals surface area contributed by atoms with Crippen molar-refractivity contribution in [3.63, 3.8) is 0 Å². The molecule has 0 aromatic heterocycles. The highest BCUT2D eigenvalue weighted by atomic mass is 16.5. The van der Waals surface area contributed by atoms with Crippen LogP contribution in [0.3, 0.4) is 0 Å². The highest BCUT2D eigenvalue weighted by Gasteiger charge is 2.22. The molecule has 3 aromatic rings. The summed E-state index contributed by atoms with van der Waals surface area (Å²) in [5.74, 6) is 0.334. The van der Waals surface area contributed by atoms with Crippen LogP contribution in [-0.4, -0.2) is 25.1 Å². The summed E-state index contributed by atoms with van der Waals surface area (Å²) in [6, 6.07) is 22.8. The van der Waals surface area contributed by atoms with Crippen LogP contribution in [0.4, 0.5) is 5.69 Å². The highest BCUT2D eigenvalue weighted by Crippen LogP contribution is 2.26. The maximum Gasteiger partial charge on any atom is 0.342 e. The predicted molar refractivity (Wildman–Crippen MR) is 109 cm³/mol. The third-order valence-corrected chi connectivity index (χ3v) is 4.10. The lowest BCUT2D eigenvalue weighted by molar-refractivity contribution is -0.123. The minimum atomic E-state index is -1.02. The van der Waals surface area contributed by atoms with Crippen molar-refractivity contribution >= 4 is 17.6 Å². The van der Waals surface area contributed by atoms with Crippen LogP contribution in [0.1, 0.15) is 17.3 Å². The van der Waals surface area contributed by atoms with Crippen LogP contribution in [0.25, 0.3) is 0 Å². The van der Waals surface area contributed by atoms with E-state index in [9.17, 15) is 9.59 Å². The molecule has 0 spiro atoms. The van der Waals surface area contributed by atoms with Gasteiger partial charge < -0.3 is 19.5 Å². The molecule has 1 atom stereocenters. The molecule has 1 N–H and O–H groups in total. The van der Waals surface area contributed by atoms with Crippen LogP contribution in [-0.2, 0) is 9.53 Å². The summed E-state index contributed by atoms with van der Waals surface area (Å²) in [7, 11) is 1.51. The van der Waals surface area contributed by atoms with Gasteiger partial charge in [-0.15, -0.1) is 0 Å². The molecular weight excluding hydrogens is 370 g/mol. The first-order chi connectivity index (χ1) is 14.1. The fourth-order valence-electron chi connectivity index (χ4n) is 2.60. The number of para-hydroxylation sites is 4. The number of rotatable bonds is 7. The maximum atomic E-state index is 12.6. The van der Waals surface area contributed by atoms with Crippen LogP contribution < -0.4 is 14.8 Å². The molecule has 0 fully saturated rings. The molecule has 0 unspecified atom stereocenters. The average Bonchev–Trinajstić information content (AvgIpc) is 2.75. The largest absolute Gasteiger partial charge is 0.495 e. The van der Waals surface area contributed by atoms with Gasteiger partial charge in [0.25, 0.3) is 5.91 Å². The van der Waals surface area contributed by atoms with Crippen molar-refractivity contribution in [3.8, 4) is 17.2 Å². The minimum absolute atomic E-state index is 0.230. The smallest absolute Gasteiger partial charge is 0.342 e. The molecule has 0 aliphatic heterocycles. The Kier molecular flexibility index (Phi) is 6.47. The van der Waals surface area contributed by atoms with Gasteiger partial charge in [0.2, 0.25) is 0 Å². The quantitative estimate of drug-likeness (QED) is 0.593. The van der Waals surface area contributed by atoms with Crippen molar-refractivity contribution in [1.82, 2.24) is 0 Å².